The van der Waals surface area contributed by atoms with Crippen LogP contribution >= 0.6 is 0 Å². The molecule has 2 aromatic rings. The van der Waals surface area contributed by atoms with E-state index in [1.54, 1.807) is 23.1 Å². The number of methoxy groups -OCH3 is 3. The zero-order chi connectivity index (χ0) is 24.0. The van der Waals surface area contributed by atoms with Gasteiger partial charge in [0.2, 0.25) is 17.6 Å². The maximum Gasteiger partial charge on any atom is 0.306 e. The number of hydrogen-bond donors (Lipinski definition) is 1. The fraction of sp³-hybridized carbons (Fsp3) is 0.435. The molecule has 1 aromatic carbocycles. The quantitative estimate of drug-likeness (QED) is 0.437. The summed E-state index contributed by atoms with van der Waals surface area (Å²) in [6, 6.07) is 6.26. The highest BCUT2D eigenvalue weighted by Gasteiger charge is 2.29. The minimum Gasteiger partial charge on any atom is -0.502 e. The number of amides is 1. The Labute approximate surface area is 191 Å². The number of esters is 1. The molecule has 1 fully saturated rings. The van der Waals surface area contributed by atoms with Crippen LogP contribution in [-0.4, -0.2) is 74.8 Å². The third-order valence-electron chi connectivity index (χ3n) is 5.67. The van der Waals surface area contributed by atoms with Gasteiger partial charge >= 0.3 is 5.97 Å². The summed E-state index contributed by atoms with van der Waals surface area (Å²) in [5.74, 6) is -0.709. The zero-order valence-electron chi connectivity index (χ0n) is 18.9. The largest absolute Gasteiger partial charge is 0.502 e. The predicted molar refractivity (Wildman–Crippen MR) is 118 cm³/mol. The normalized spacial score (nSPS) is 15.1. The Morgan fingerprint density at radius 2 is 1.88 bits per heavy atom. The molecule has 0 radical (unpaired) electrons. The van der Waals surface area contributed by atoms with Crippen molar-refractivity contribution in [1.29, 1.82) is 0 Å². The van der Waals surface area contributed by atoms with Gasteiger partial charge < -0.3 is 28.6 Å². The van der Waals surface area contributed by atoms with Crippen molar-refractivity contribution in [3.63, 3.8) is 0 Å². The van der Waals surface area contributed by atoms with Crippen molar-refractivity contribution >= 4 is 12.4 Å². The number of hydrogen-bond acceptors (Lipinski definition) is 9. The molecule has 10 nitrogen and oxygen atoms in total. The van der Waals surface area contributed by atoms with Crippen LogP contribution in [0, 0.1) is 0 Å². The van der Waals surface area contributed by atoms with E-state index < -0.39 is 23.1 Å². The van der Waals surface area contributed by atoms with Gasteiger partial charge in [-0.05, 0) is 6.07 Å². The lowest BCUT2D eigenvalue weighted by Crippen LogP contribution is -2.45. The number of aromatic hydroxyl groups is 1. The van der Waals surface area contributed by atoms with Gasteiger partial charge in [-0.15, -0.1) is 0 Å². The topological polar surface area (TPSA) is 119 Å². The molecule has 1 saturated heterocycles. The van der Waals surface area contributed by atoms with Crippen molar-refractivity contribution in [2.45, 2.75) is 18.9 Å². The van der Waals surface area contributed by atoms with Gasteiger partial charge in [-0.1, -0.05) is 6.07 Å². The summed E-state index contributed by atoms with van der Waals surface area (Å²) in [6.07, 6.45) is 0.632. The Morgan fingerprint density at radius 3 is 2.48 bits per heavy atom. The second kappa shape index (κ2) is 10.9. The minimum absolute atomic E-state index is 0.0436. The lowest BCUT2D eigenvalue weighted by Gasteiger charge is -2.32. The highest BCUT2D eigenvalue weighted by atomic mass is 16.5. The third-order valence-corrected chi connectivity index (χ3v) is 5.67. The van der Waals surface area contributed by atoms with Crippen molar-refractivity contribution in [2.75, 3.05) is 47.5 Å². The van der Waals surface area contributed by atoms with Crippen LogP contribution in [0.3, 0.4) is 0 Å². The minimum atomic E-state index is -0.835. The van der Waals surface area contributed by atoms with E-state index >= 15 is 0 Å². The average Bonchev–Trinajstić information content (AvgIpc) is 2.84. The predicted octanol–water partition coefficient (Wildman–Crippen LogP) is 1.33. The Hall–Kier alpha value is -3.53. The van der Waals surface area contributed by atoms with Crippen LogP contribution in [0.15, 0.2) is 33.5 Å². The van der Waals surface area contributed by atoms with Crippen molar-refractivity contribution in [2.24, 2.45) is 0 Å². The molecule has 1 amide bonds. The Kier molecular flexibility index (Phi) is 7.94. The zero-order valence-corrected chi connectivity index (χ0v) is 18.9. The van der Waals surface area contributed by atoms with Crippen LogP contribution in [0.1, 0.15) is 29.4 Å². The van der Waals surface area contributed by atoms with Gasteiger partial charge in [0.25, 0.3) is 0 Å². The Bertz CT molecular complexity index is 1040. The van der Waals surface area contributed by atoms with E-state index in [0.29, 0.717) is 55.5 Å². The molecule has 0 aliphatic carbocycles. The third kappa shape index (κ3) is 5.64. The summed E-state index contributed by atoms with van der Waals surface area (Å²) in [7, 11) is 4.25. The highest BCUT2D eigenvalue weighted by molar-refractivity contribution is 5.71. The fourth-order valence-corrected chi connectivity index (χ4v) is 3.82. The summed E-state index contributed by atoms with van der Waals surface area (Å²) in [4.78, 5) is 39.5. The number of carbonyl (C=O) groups excluding carboxylic acids is 2. The molecule has 33 heavy (non-hydrogen) atoms. The summed E-state index contributed by atoms with van der Waals surface area (Å²) in [5.41, 5.74) is -0.0842. The fourth-order valence-electron chi connectivity index (χ4n) is 3.82. The Balaban J connectivity index is 2.00. The standard InChI is InChI=1S/C23H28N2O8/c1-30-15-4-5-17(20(11-15)31-2)18(12-21(28)32-3)23-22(29)19(27)10-16(33-23)13-24-6-8-25(14-26)9-7-24/h4-5,10-11,14,18,29H,6-9,12-13H2,1-3H3/t18-/m0/s1. The molecule has 1 atom stereocenters. The number of ether oxygens (including phenoxy) is 3. The van der Waals surface area contributed by atoms with Gasteiger partial charge in [0.15, 0.2) is 5.76 Å². The molecule has 178 valence electrons. The van der Waals surface area contributed by atoms with E-state index in [-0.39, 0.29) is 12.2 Å². The molecular formula is C23H28N2O8. The van der Waals surface area contributed by atoms with Crippen molar-refractivity contribution < 1.29 is 33.3 Å². The molecule has 10 heteroatoms. The van der Waals surface area contributed by atoms with E-state index in [2.05, 4.69) is 0 Å². The van der Waals surface area contributed by atoms with E-state index in [4.69, 9.17) is 18.6 Å². The molecule has 0 spiro atoms. The summed E-state index contributed by atoms with van der Waals surface area (Å²) in [5, 5.41) is 10.6. The molecule has 1 N–H and O–H groups in total. The summed E-state index contributed by atoms with van der Waals surface area (Å²) >= 11 is 0. The van der Waals surface area contributed by atoms with Gasteiger partial charge in [-0.3, -0.25) is 19.3 Å². The lowest BCUT2D eigenvalue weighted by molar-refractivity contribution is -0.141. The highest BCUT2D eigenvalue weighted by Crippen LogP contribution is 2.39. The maximum absolute atomic E-state index is 12.6. The van der Waals surface area contributed by atoms with Crippen molar-refractivity contribution in [3.8, 4) is 17.2 Å². The van der Waals surface area contributed by atoms with E-state index in [1.165, 1.54) is 27.4 Å². The summed E-state index contributed by atoms with van der Waals surface area (Å²) < 4.78 is 21.5. The molecule has 0 unspecified atom stereocenters. The lowest BCUT2D eigenvalue weighted by atomic mass is 9.91. The van der Waals surface area contributed by atoms with Crippen molar-refractivity contribution in [3.05, 3.63) is 51.6 Å². The van der Waals surface area contributed by atoms with Crippen LogP contribution in [0.2, 0.25) is 0 Å². The van der Waals surface area contributed by atoms with Gasteiger partial charge in [-0.2, -0.15) is 0 Å². The number of benzene rings is 1. The van der Waals surface area contributed by atoms with Gasteiger partial charge in [0.1, 0.15) is 17.3 Å². The molecule has 1 aromatic heterocycles. The van der Waals surface area contributed by atoms with Gasteiger partial charge in [0, 0.05) is 43.9 Å². The average molecular weight is 460 g/mol. The van der Waals surface area contributed by atoms with Crippen LogP contribution in [-0.2, 0) is 20.9 Å². The first-order valence-electron chi connectivity index (χ1n) is 10.5. The molecule has 3 rings (SSSR count). The number of piperazine rings is 1. The van der Waals surface area contributed by atoms with E-state index in [0.717, 1.165) is 6.41 Å². The first-order chi connectivity index (χ1) is 15.9. The van der Waals surface area contributed by atoms with E-state index in [1.807, 2.05) is 4.90 Å². The number of nitrogens with zero attached hydrogens (tertiary/aromatic N) is 2. The molecule has 1 aliphatic rings. The number of rotatable bonds is 9. The van der Waals surface area contributed by atoms with Crippen molar-refractivity contribution in [1.82, 2.24) is 9.80 Å². The van der Waals surface area contributed by atoms with Crippen LogP contribution < -0.4 is 14.9 Å². The van der Waals surface area contributed by atoms with Crippen LogP contribution in [0.4, 0.5) is 0 Å². The molecule has 0 bridgehead atoms. The van der Waals surface area contributed by atoms with E-state index in [9.17, 15) is 19.5 Å². The summed E-state index contributed by atoms with van der Waals surface area (Å²) in [6.45, 7) is 2.71. The van der Waals surface area contributed by atoms with Gasteiger partial charge in [-0.25, -0.2) is 0 Å². The monoisotopic (exact) mass is 460 g/mol. The second-order valence-corrected chi connectivity index (χ2v) is 7.65. The molecule has 0 saturated carbocycles. The second-order valence-electron chi connectivity index (χ2n) is 7.65. The van der Waals surface area contributed by atoms with Gasteiger partial charge in [0.05, 0.1) is 40.2 Å². The molecule has 1 aliphatic heterocycles. The maximum atomic E-state index is 12.6. The first kappa shape index (κ1) is 24.1. The molecule has 2 heterocycles. The smallest absolute Gasteiger partial charge is 0.306 e. The number of carbonyl (C=O) groups is 2. The first-order valence-corrected chi connectivity index (χ1v) is 10.5. The Morgan fingerprint density at radius 1 is 1.15 bits per heavy atom. The molecular weight excluding hydrogens is 432 g/mol. The van der Waals surface area contributed by atoms with Crippen LogP contribution in [0.5, 0.6) is 17.2 Å². The van der Waals surface area contributed by atoms with Crippen LogP contribution in [0.25, 0.3) is 0 Å². The SMILES string of the molecule is COC(=O)C[C@@H](c1ccc(OC)cc1OC)c1oc(CN2CCN(C=O)CC2)cc(=O)c1O.